The van der Waals surface area contributed by atoms with Gasteiger partial charge in [-0.1, -0.05) is 0 Å². The molecule has 67 valence electrons. The van der Waals surface area contributed by atoms with E-state index >= 15 is 0 Å². The molecule has 0 amide bonds. The van der Waals surface area contributed by atoms with Crippen LogP contribution in [-0.4, -0.2) is 8.18 Å². The zero-order valence-corrected chi connectivity index (χ0v) is 10.00. The van der Waals surface area contributed by atoms with Crippen molar-refractivity contribution >= 4 is 0 Å². The molecule has 0 spiro atoms. The molecule has 0 saturated heterocycles. The van der Waals surface area contributed by atoms with Gasteiger partial charge in [-0.3, -0.25) is 0 Å². The molecular formula is C9H14N2Re. The van der Waals surface area contributed by atoms with E-state index in [1.165, 1.54) is 6.42 Å². The van der Waals surface area contributed by atoms with E-state index in [2.05, 4.69) is 27.9 Å². The van der Waals surface area contributed by atoms with Gasteiger partial charge in [-0.2, -0.15) is 0 Å². The molecule has 3 heteroatoms. The average molecular weight is 336 g/mol. The van der Waals surface area contributed by atoms with Gasteiger partial charge in [0, 0.05) is 0 Å². The van der Waals surface area contributed by atoms with Gasteiger partial charge < -0.3 is 0 Å². The topological polar surface area (TPSA) is 17.8 Å². The maximum atomic E-state index is 4.04. The Labute approximate surface area is 82.1 Å². The van der Waals surface area contributed by atoms with Gasteiger partial charge in [0.25, 0.3) is 0 Å². The summed E-state index contributed by atoms with van der Waals surface area (Å²) in [6, 6.07) is 0. The molecule has 1 aromatic rings. The quantitative estimate of drug-likeness (QED) is 0.756. The molecule has 0 saturated carbocycles. The Kier molecular flexibility index (Phi) is 4.28. The monoisotopic (exact) mass is 337 g/mol. The van der Waals surface area contributed by atoms with Gasteiger partial charge in [0.1, 0.15) is 0 Å². The van der Waals surface area contributed by atoms with Crippen LogP contribution >= 0.6 is 0 Å². The molecule has 1 heterocycles. The van der Waals surface area contributed by atoms with Crippen LogP contribution in [0, 0.1) is 0 Å². The van der Waals surface area contributed by atoms with Crippen molar-refractivity contribution in [2.45, 2.75) is 24.2 Å². The minimum atomic E-state index is -0.281. The predicted molar refractivity (Wildman–Crippen MR) is 46.5 cm³/mol. The summed E-state index contributed by atoms with van der Waals surface area (Å²) < 4.78 is 3.13. The van der Waals surface area contributed by atoms with Crippen molar-refractivity contribution in [3.63, 3.8) is 0 Å². The molecule has 0 aromatic carbocycles. The maximum absolute atomic E-state index is 4.04. The van der Waals surface area contributed by atoms with E-state index in [1.807, 2.05) is 18.6 Å². The van der Waals surface area contributed by atoms with Crippen LogP contribution in [0.1, 0.15) is 19.8 Å². The molecule has 0 bridgehead atoms. The molecule has 0 fully saturated rings. The Bertz CT molecular complexity index is 218. The van der Waals surface area contributed by atoms with Gasteiger partial charge >= 0.3 is 81.9 Å². The van der Waals surface area contributed by atoms with Crippen molar-refractivity contribution in [2.75, 3.05) is 0 Å². The SMILES string of the molecule is C=CCC[CH](C)[Re][n]1ccnc1. The van der Waals surface area contributed by atoms with E-state index in [9.17, 15) is 0 Å². The van der Waals surface area contributed by atoms with Gasteiger partial charge in [0.2, 0.25) is 0 Å². The summed E-state index contributed by atoms with van der Waals surface area (Å²) in [6.45, 7) is 6.05. The van der Waals surface area contributed by atoms with Crippen molar-refractivity contribution in [2.24, 2.45) is 0 Å². The second-order valence-electron chi connectivity index (χ2n) is 2.65. The van der Waals surface area contributed by atoms with Gasteiger partial charge in [0.15, 0.2) is 0 Å². The average Bonchev–Trinajstić information content (AvgIpc) is 2.53. The number of allylic oxidation sites excluding steroid dienone is 1. The standard InChI is InChI=1S/C6H11.C3H3N2.Re/c1-3-5-6-4-2;1-2-5-3-4-1;/h3-4H,1,5-6H2,2H3;1-3H;/q;-1;+1. The molecule has 12 heavy (non-hydrogen) atoms. The summed E-state index contributed by atoms with van der Waals surface area (Å²) in [5, 5.41) is 0. The van der Waals surface area contributed by atoms with Crippen LogP contribution in [0.3, 0.4) is 0 Å². The Morgan fingerprint density at radius 1 is 1.75 bits per heavy atom. The summed E-state index contributed by atoms with van der Waals surface area (Å²) in [4.78, 5) is 4.04. The molecule has 1 atom stereocenters. The first-order chi connectivity index (χ1) is 5.83. The van der Waals surface area contributed by atoms with Crippen LogP contribution in [0.4, 0.5) is 0 Å². The second-order valence-corrected chi connectivity index (χ2v) is 7.43. The molecule has 2 nitrogen and oxygen atoms in total. The van der Waals surface area contributed by atoms with Crippen LogP contribution < -0.4 is 0 Å². The second kappa shape index (κ2) is 5.29. The molecule has 1 unspecified atom stereocenters. The first-order valence-electron chi connectivity index (χ1n) is 4.06. The number of aromatic nitrogens is 2. The normalized spacial score (nSPS) is 12.8. The molecule has 0 N–H and O–H groups in total. The van der Waals surface area contributed by atoms with Crippen LogP contribution in [0.15, 0.2) is 31.4 Å². The van der Waals surface area contributed by atoms with E-state index < -0.39 is 0 Å². The van der Waals surface area contributed by atoms with Crippen molar-refractivity contribution in [1.82, 2.24) is 8.18 Å². The fourth-order valence-corrected chi connectivity index (χ4v) is 3.85. The Hall–Kier alpha value is -0.388. The summed E-state index contributed by atoms with van der Waals surface area (Å²) >= 11 is -0.281. The molecule has 0 aliphatic rings. The first kappa shape index (κ1) is 9.70. The number of rotatable bonds is 5. The van der Waals surface area contributed by atoms with Crippen molar-refractivity contribution < 1.29 is 18.2 Å². The molecule has 0 aliphatic heterocycles. The number of hydrogen-bond donors (Lipinski definition) is 0. The van der Waals surface area contributed by atoms with Crippen molar-refractivity contribution in [1.29, 1.82) is 0 Å². The van der Waals surface area contributed by atoms with E-state index in [-0.39, 0.29) is 18.2 Å². The first-order valence-corrected chi connectivity index (χ1v) is 6.84. The van der Waals surface area contributed by atoms with Crippen LogP contribution in [0.25, 0.3) is 0 Å². The molecule has 1 aromatic heterocycles. The van der Waals surface area contributed by atoms with Gasteiger partial charge in [0.05, 0.1) is 0 Å². The summed E-state index contributed by atoms with van der Waals surface area (Å²) in [5.74, 6) is 0. The third-order valence-corrected chi connectivity index (χ3v) is 5.03. The van der Waals surface area contributed by atoms with Crippen molar-refractivity contribution in [3.05, 3.63) is 31.4 Å². The molecule has 1 rings (SSSR count). The number of imidazole rings is 1. The summed E-state index contributed by atoms with van der Waals surface area (Å²) in [6.07, 6.45) is 10.3. The Morgan fingerprint density at radius 2 is 2.58 bits per heavy atom. The Balaban J connectivity index is 2.26. The third kappa shape index (κ3) is 3.34. The summed E-state index contributed by atoms with van der Waals surface area (Å²) in [7, 11) is 0. The number of nitrogens with zero attached hydrogens (tertiary/aromatic N) is 2. The summed E-state index contributed by atoms with van der Waals surface area (Å²) in [5.41, 5.74) is 0. The zero-order valence-electron chi connectivity index (χ0n) is 7.28. The van der Waals surface area contributed by atoms with Crippen LogP contribution in [0.2, 0.25) is 4.39 Å². The molecule has 0 aliphatic carbocycles. The Morgan fingerprint density at radius 3 is 3.17 bits per heavy atom. The predicted octanol–water partition coefficient (Wildman–Crippen LogP) is 2.50. The van der Waals surface area contributed by atoms with Gasteiger partial charge in [-0.15, -0.1) is 0 Å². The molecule has 0 radical (unpaired) electrons. The van der Waals surface area contributed by atoms with E-state index in [4.69, 9.17) is 0 Å². The van der Waals surface area contributed by atoms with Gasteiger partial charge in [-0.05, 0) is 0 Å². The van der Waals surface area contributed by atoms with Crippen molar-refractivity contribution in [3.8, 4) is 0 Å². The van der Waals surface area contributed by atoms with Crippen LogP contribution in [-0.2, 0) is 18.2 Å². The minimum absolute atomic E-state index is 0.281. The van der Waals surface area contributed by atoms with E-state index in [1.54, 1.807) is 0 Å². The van der Waals surface area contributed by atoms with Crippen LogP contribution in [0.5, 0.6) is 0 Å². The fourth-order valence-electron chi connectivity index (χ4n) is 0.889. The van der Waals surface area contributed by atoms with E-state index in [0.717, 1.165) is 10.8 Å². The third-order valence-electron chi connectivity index (χ3n) is 1.52. The number of hydrogen-bond acceptors (Lipinski definition) is 1. The fraction of sp³-hybridized carbons (Fsp3) is 0.444. The van der Waals surface area contributed by atoms with Gasteiger partial charge in [-0.25, -0.2) is 0 Å². The molecular weight excluding hydrogens is 322 g/mol. The van der Waals surface area contributed by atoms with E-state index in [0.29, 0.717) is 0 Å². The zero-order chi connectivity index (χ0) is 8.81.